The van der Waals surface area contributed by atoms with Gasteiger partial charge in [-0.2, -0.15) is 0 Å². The lowest BCUT2D eigenvalue weighted by Crippen LogP contribution is -2.12. The van der Waals surface area contributed by atoms with E-state index >= 15 is 0 Å². The van der Waals surface area contributed by atoms with E-state index in [1.165, 1.54) is 5.56 Å². The summed E-state index contributed by atoms with van der Waals surface area (Å²) >= 11 is 2.24. The summed E-state index contributed by atoms with van der Waals surface area (Å²) in [7, 11) is 0. The second-order valence-corrected chi connectivity index (χ2v) is 6.98. The Morgan fingerprint density at radius 1 is 1.09 bits per heavy atom. The van der Waals surface area contributed by atoms with Gasteiger partial charge in [0.1, 0.15) is 5.75 Å². The van der Waals surface area contributed by atoms with Crippen LogP contribution in [0.5, 0.6) is 5.75 Å². The minimum atomic E-state index is 0.0185. The van der Waals surface area contributed by atoms with Crippen LogP contribution in [0.3, 0.4) is 0 Å². The highest BCUT2D eigenvalue weighted by molar-refractivity contribution is 14.1. The Labute approximate surface area is 151 Å². The number of anilines is 1. The molecule has 2 rings (SSSR count). The number of carbonyl (C=O) groups is 1. The van der Waals surface area contributed by atoms with E-state index in [4.69, 9.17) is 4.74 Å². The number of hydrogen-bond acceptors (Lipinski definition) is 2. The van der Waals surface area contributed by atoms with E-state index in [1.807, 2.05) is 36.4 Å². The van der Waals surface area contributed by atoms with Crippen LogP contribution in [-0.2, 0) is 4.79 Å². The molecule has 0 heterocycles. The van der Waals surface area contributed by atoms with Crippen LogP contribution in [-0.4, -0.2) is 12.5 Å². The maximum Gasteiger partial charge on any atom is 0.224 e. The second kappa shape index (κ2) is 8.91. The predicted molar refractivity (Wildman–Crippen MR) is 103 cm³/mol. The number of amides is 1. The number of carbonyl (C=O) groups excluding carboxylic acids is 1. The van der Waals surface area contributed by atoms with Gasteiger partial charge in [-0.05, 0) is 76.9 Å². The van der Waals surface area contributed by atoms with Crippen molar-refractivity contribution < 1.29 is 9.53 Å². The summed E-state index contributed by atoms with van der Waals surface area (Å²) in [5, 5.41) is 2.89. The standard InChI is InChI=1S/C19H22INO2/c1-14(2)15-5-11-18(12-6-15)23-13-3-4-19(22)21-17-9-7-16(20)8-10-17/h5-12,14H,3-4,13H2,1-2H3,(H,21,22). The van der Waals surface area contributed by atoms with Gasteiger partial charge in [0, 0.05) is 15.7 Å². The minimum absolute atomic E-state index is 0.0185. The van der Waals surface area contributed by atoms with Gasteiger partial charge in [-0.15, -0.1) is 0 Å². The molecule has 0 bridgehead atoms. The van der Waals surface area contributed by atoms with Crippen molar-refractivity contribution in [1.82, 2.24) is 0 Å². The van der Waals surface area contributed by atoms with Crippen LogP contribution < -0.4 is 10.1 Å². The number of ether oxygens (including phenoxy) is 1. The van der Waals surface area contributed by atoms with E-state index < -0.39 is 0 Å². The fourth-order valence-electron chi connectivity index (χ4n) is 2.13. The van der Waals surface area contributed by atoms with Crippen LogP contribution in [0.2, 0.25) is 0 Å². The normalized spacial score (nSPS) is 10.6. The van der Waals surface area contributed by atoms with Crippen LogP contribution in [0, 0.1) is 3.57 Å². The summed E-state index contributed by atoms with van der Waals surface area (Å²) in [5.74, 6) is 1.39. The average molecular weight is 423 g/mol. The lowest BCUT2D eigenvalue weighted by atomic mass is 10.0. The SMILES string of the molecule is CC(C)c1ccc(OCCCC(=O)Nc2ccc(I)cc2)cc1. The fraction of sp³-hybridized carbons (Fsp3) is 0.316. The molecule has 2 aromatic rings. The maximum atomic E-state index is 11.9. The quantitative estimate of drug-likeness (QED) is 0.491. The first-order valence-electron chi connectivity index (χ1n) is 7.83. The lowest BCUT2D eigenvalue weighted by Gasteiger charge is -2.09. The van der Waals surface area contributed by atoms with Crippen molar-refractivity contribution in [3.05, 3.63) is 57.7 Å². The third kappa shape index (κ3) is 6.22. The second-order valence-electron chi connectivity index (χ2n) is 5.73. The zero-order chi connectivity index (χ0) is 16.7. The smallest absolute Gasteiger partial charge is 0.224 e. The van der Waals surface area contributed by atoms with Crippen molar-refractivity contribution in [1.29, 1.82) is 0 Å². The van der Waals surface area contributed by atoms with Gasteiger partial charge in [-0.3, -0.25) is 4.79 Å². The van der Waals surface area contributed by atoms with Crippen molar-refractivity contribution >= 4 is 34.2 Å². The third-order valence-electron chi connectivity index (χ3n) is 3.49. The van der Waals surface area contributed by atoms with E-state index in [2.05, 4.69) is 53.9 Å². The van der Waals surface area contributed by atoms with Gasteiger partial charge in [0.2, 0.25) is 5.91 Å². The highest BCUT2D eigenvalue weighted by atomic mass is 127. The lowest BCUT2D eigenvalue weighted by molar-refractivity contribution is -0.116. The van der Waals surface area contributed by atoms with Crippen molar-refractivity contribution in [3.8, 4) is 5.75 Å². The Balaban J connectivity index is 1.68. The van der Waals surface area contributed by atoms with Gasteiger partial charge in [-0.1, -0.05) is 26.0 Å². The van der Waals surface area contributed by atoms with Crippen LogP contribution >= 0.6 is 22.6 Å². The van der Waals surface area contributed by atoms with Gasteiger partial charge in [0.05, 0.1) is 6.61 Å². The number of nitrogens with one attached hydrogen (secondary N) is 1. The molecule has 0 saturated heterocycles. The van der Waals surface area contributed by atoms with E-state index in [9.17, 15) is 4.79 Å². The van der Waals surface area contributed by atoms with Crippen LogP contribution in [0.25, 0.3) is 0 Å². The van der Waals surface area contributed by atoms with Crippen LogP contribution in [0.1, 0.15) is 38.2 Å². The molecular weight excluding hydrogens is 401 g/mol. The monoisotopic (exact) mass is 423 g/mol. The molecule has 0 aliphatic heterocycles. The summed E-state index contributed by atoms with van der Waals surface area (Å²) in [6, 6.07) is 15.9. The Morgan fingerprint density at radius 2 is 1.74 bits per heavy atom. The van der Waals surface area contributed by atoms with E-state index in [1.54, 1.807) is 0 Å². The summed E-state index contributed by atoms with van der Waals surface area (Å²) in [6.45, 7) is 4.88. The maximum absolute atomic E-state index is 11.9. The first-order valence-corrected chi connectivity index (χ1v) is 8.90. The molecule has 0 saturated carbocycles. The number of hydrogen-bond donors (Lipinski definition) is 1. The molecule has 0 aliphatic rings. The predicted octanol–water partition coefficient (Wildman–Crippen LogP) is 5.21. The van der Waals surface area contributed by atoms with Crippen molar-refractivity contribution in [3.63, 3.8) is 0 Å². The topological polar surface area (TPSA) is 38.3 Å². The van der Waals surface area contributed by atoms with E-state index in [0.717, 1.165) is 15.0 Å². The molecule has 0 unspecified atom stereocenters. The van der Waals surface area contributed by atoms with Crippen molar-refractivity contribution in [2.45, 2.75) is 32.6 Å². The molecule has 1 N–H and O–H groups in total. The fourth-order valence-corrected chi connectivity index (χ4v) is 2.49. The average Bonchev–Trinajstić information content (AvgIpc) is 2.54. The molecule has 0 aromatic heterocycles. The largest absolute Gasteiger partial charge is 0.494 e. The van der Waals surface area contributed by atoms with E-state index in [0.29, 0.717) is 25.4 Å². The molecule has 0 radical (unpaired) electrons. The van der Waals surface area contributed by atoms with Crippen molar-refractivity contribution in [2.75, 3.05) is 11.9 Å². The van der Waals surface area contributed by atoms with Gasteiger partial charge < -0.3 is 10.1 Å². The summed E-state index contributed by atoms with van der Waals surface area (Å²) in [6.07, 6.45) is 1.15. The Kier molecular flexibility index (Phi) is 6.89. The minimum Gasteiger partial charge on any atom is -0.494 e. The molecule has 23 heavy (non-hydrogen) atoms. The molecule has 0 atom stereocenters. The molecule has 0 fully saturated rings. The number of rotatable bonds is 7. The van der Waals surface area contributed by atoms with E-state index in [-0.39, 0.29) is 5.91 Å². The molecule has 0 aliphatic carbocycles. The third-order valence-corrected chi connectivity index (χ3v) is 4.21. The van der Waals surface area contributed by atoms with Gasteiger partial charge in [-0.25, -0.2) is 0 Å². The molecule has 3 nitrogen and oxygen atoms in total. The van der Waals surface area contributed by atoms with Crippen LogP contribution in [0.15, 0.2) is 48.5 Å². The van der Waals surface area contributed by atoms with Crippen LogP contribution in [0.4, 0.5) is 5.69 Å². The summed E-state index contributed by atoms with van der Waals surface area (Å²) in [4.78, 5) is 11.9. The molecule has 1 amide bonds. The number of halogens is 1. The Bertz CT molecular complexity index is 621. The molecular formula is C19H22INO2. The highest BCUT2D eigenvalue weighted by Crippen LogP contribution is 2.18. The van der Waals surface area contributed by atoms with Crippen molar-refractivity contribution in [2.24, 2.45) is 0 Å². The zero-order valence-electron chi connectivity index (χ0n) is 13.5. The van der Waals surface area contributed by atoms with Gasteiger partial charge >= 0.3 is 0 Å². The molecule has 4 heteroatoms. The molecule has 122 valence electrons. The molecule has 2 aromatic carbocycles. The zero-order valence-corrected chi connectivity index (χ0v) is 15.7. The highest BCUT2D eigenvalue weighted by Gasteiger charge is 2.03. The number of benzene rings is 2. The summed E-state index contributed by atoms with van der Waals surface area (Å²) < 4.78 is 6.83. The Hall–Kier alpha value is -1.56. The summed E-state index contributed by atoms with van der Waals surface area (Å²) in [5.41, 5.74) is 2.13. The Morgan fingerprint density at radius 3 is 2.35 bits per heavy atom. The van der Waals surface area contributed by atoms with Gasteiger partial charge in [0.25, 0.3) is 0 Å². The molecule has 0 spiro atoms. The van der Waals surface area contributed by atoms with Gasteiger partial charge in [0.15, 0.2) is 0 Å². The first kappa shape index (κ1) is 17.8. The first-order chi connectivity index (χ1) is 11.0.